The molecule has 0 fully saturated rings. The summed E-state index contributed by atoms with van der Waals surface area (Å²) >= 11 is 9.71. The van der Waals surface area contributed by atoms with Crippen molar-refractivity contribution in [1.29, 1.82) is 0 Å². The van der Waals surface area contributed by atoms with Gasteiger partial charge in [0, 0.05) is 16.5 Å². The Morgan fingerprint density at radius 1 is 1.50 bits per heavy atom. The van der Waals surface area contributed by atoms with Crippen LogP contribution >= 0.6 is 24.2 Å². The van der Waals surface area contributed by atoms with Gasteiger partial charge < -0.3 is 5.73 Å². The Balaban J connectivity index is 3.04. The number of thiol groups is 1. The molecule has 0 saturated heterocycles. The molecule has 1 aromatic carbocycles. The van der Waals surface area contributed by atoms with E-state index in [9.17, 15) is 0 Å². The van der Waals surface area contributed by atoms with E-state index < -0.39 is 0 Å². The monoisotopic (exact) mass is 173 g/mol. The lowest BCUT2D eigenvalue weighted by molar-refractivity contribution is 1.33. The van der Waals surface area contributed by atoms with Crippen LogP contribution in [0.5, 0.6) is 0 Å². The van der Waals surface area contributed by atoms with E-state index in [1.807, 2.05) is 12.1 Å². The highest BCUT2D eigenvalue weighted by molar-refractivity contribution is 7.80. The normalized spacial score (nSPS) is 9.80. The summed E-state index contributed by atoms with van der Waals surface area (Å²) < 4.78 is 0. The van der Waals surface area contributed by atoms with Gasteiger partial charge in [-0.05, 0) is 17.7 Å². The Morgan fingerprint density at radius 2 is 2.20 bits per heavy atom. The van der Waals surface area contributed by atoms with E-state index >= 15 is 0 Å². The molecular weight excluding hydrogens is 166 g/mol. The minimum atomic E-state index is 0.508. The van der Waals surface area contributed by atoms with Crippen LogP contribution in [0.3, 0.4) is 0 Å². The van der Waals surface area contributed by atoms with E-state index in [-0.39, 0.29) is 0 Å². The largest absolute Gasteiger partial charge is 0.398 e. The molecule has 1 aromatic rings. The second-order valence-corrected chi connectivity index (χ2v) is 2.78. The van der Waals surface area contributed by atoms with Crippen LogP contribution in [0.15, 0.2) is 23.1 Å². The van der Waals surface area contributed by atoms with Crippen molar-refractivity contribution in [1.82, 2.24) is 0 Å². The van der Waals surface area contributed by atoms with Crippen LogP contribution < -0.4 is 5.73 Å². The van der Waals surface area contributed by atoms with E-state index in [0.717, 1.165) is 10.5 Å². The minimum Gasteiger partial charge on any atom is -0.398 e. The van der Waals surface area contributed by atoms with E-state index in [4.69, 9.17) is 17.3 Å². The average Bonchev–Trinajstić information content (AvgIpc) is 1.95. The number of hydrogen-bond donors (Lipinski definition) is 2. The first kappa shape index (κ1) is 7.76. The molecule has 0 spiro atoms. The van der Waals surface area contributed by atoms with Gasteiger partial charge in [0.15, 0.2) is 0 Å². The number of benzene rings is 1. The number of hydrogen-bond acceptors (Lipinski definition) is 2. The summed E-state index contributed by atoms with van der Waals surface area (Å²) in [5, 5.41) is 0. The zero-order valence-corrected chi connectivity index (χ0v) is 6.99. The van der Waals surface area contributed by atoms with Crippen molar-refractivity contribution in [3.05, 3.63) is 23.8 Å². The smallest absolute Gasteiger partial charge is 0.0474 e. The van der Waals surface area contributed by atoms with Gasteiger partial charge in [-0.15, -0.1) is 24.2 Å². The molecule has 2 N–H and O–H groups in total. The molecule has 3 heteroatoms. The van der Waals surface area contributed by atoms with Gasteiger partial charge in [-0.3, -0.25) is 0 Å². The molecule has 10 heavy (non-hydrogen) atoms. The maximum atomic E-state index is 5.58. The predicted octanol–water partition coefficient (Wildman–Crippen LogP) is 2.30. The van der Waals surface area contributed by atoms with Crippen LogP contribution in [-0.2, 0) is 5.88 Å². The summed E-state index contributed by atoms with van der Waals surface area (Å²) in [6.07, 6.45) is 0. The van der Waals surface area contributed by atoms with Gasteiger partial charge in [-0.2, -0.15) is 0 Å². The van der Waals surface area contributed by atoms with Crippen LogP contribution in [0, 0.1) is 0 Å². The molecule has 0 saturated carbocycles. The van der Waals surface area contributed by atoms with Gasteiger partial charge >= 0.3 is 0 Å². The van der Waals surface area contributed by atoms with E-state index in [0.29, 0.717) is 11.6 Å². The van der Waals surface area contributed by atoms with E-state index in [1.165, 1.54) is 0 Å². The SMILES string of the molecule is Nc1ccc(CCl)cc1S. The third-order valence-electron chi connectivity index (χ3n) is 1.25. The highest BCUT2D eigenvalue weighted by Gasteiger charge is 1.94. The molecule has 0 aliphatic heterocycles. The van der Waals surface area contributed by atoms with Gasteiger partial charge in [0.1, 0.15) is 0 Å². The van der Waals surface area contributed by atoms with Crippen molar-refractivity contribution in [3.63, 3.8) is 0 Å². The molecule has 0 bridgehead atoms. The van der Waals surface area contributed by atoms with Gasteiger partial charge in [0.25, 0.3) is 0 Å². The van der Waals surface area contributed by atoms with E-state index in [2.05, 4.69) is 12.6 Å². The Bertz CT molecular complexity index is 237. The molecule has 0 unspecified atom stereocenters. The number of rotatable bonds is 1. The number of nitrogens with two attached hydrogens (primary N) is 1. The maximum Gasteiger partial charge on any atom is 0.0474 e. The fourth-order valence-electron chi connectivity index (χ4n) is 0.672. The van der Waals surface area contributed by atoms with Crippen LogP contribution in [0.1, 0.15) is 5.56 Å². The van der Waals surface area contributed by atoms with Crippen LogP contribution in [0.4, 0.5) is 5.69 Å². The number of halogens is 1. The summed E-state index contributed by atoms with van der Waals surface area (Å²) in [6.45, 7) is 0. The maximum absolute atomic E-state index is 5.58. The zero-order chi connectivity index (χ0) is 7.56. The summed E-state index contributed by atoms with van der Waals surface area (Å²) in [5.41, 5.74) is 7.26. The number of nitrogen functional groups attached to an aromatic ring is 1. The highest BCUT2D eigenvalue weighted by Crippen LogP contribution is 2.18. The standard InChI is InChI=1S/C7H8ClNS/c8-4-5-1-2-6(9)7(10)3-5/h1-3,10H,4,9H2. The van der Waals surface area contributed by atoms with Crippen molar-refractivity contribution in [3.8, 4) is 0 Å². The van der Waals surface area contributed by atoms with Crippen LogP contribution in [0.2, 0.25) is 0 Å². The molecule has 0 aliphatic carbocycles. The van der Waals surface area contributed by atoms with Gasteiger partial charge in [-0.25, -0.2) is 0 Å². The summed E-state index contributed by atoms with van der Waals surface area (Å²) in [6, 6.07) is 5.56. The Morgan fingerprint density at radius 3 is 2.70 bits per heavy atom. The number of anilines is 1. The summed E-state index contributed by atoms with van der Waals surface area (Å²) in [7, 11) is 0. The highest BCUT2D eigenvalue weighted by atomic mass is 35.5. The summed E-state index contributed by atoms with van der Waals surface area (Å²) in [4.78, 5) is 0.790. The first-order valence-electron chi connectivity index (χ1n) is 2.87. The lowest BCUT2D eigenvalue weighted by Gasteiger charge is -1.99. The molecule has 0 radical (unpaired) electrons. The third kappa shape index (κ3) is 1.58. The van der Waals surface area contributed by atoms with Gasteiger partial charge in [0.2, 0.25) is 0 Å². The third-order valence-corrected chi connectivity index (χ3v) is 1.95. The van der Waals surface area contributed by atoms with E-state index in [1.54, 1.807) is 6.07 Å². The molecule has 54 valence electrons. The average molecular weight is 174 g/mol. The molecule has 0 heterocycles. The second-order valence-electron chi connectivity index (χ2n) is 2.03. The molecule has 0 aliphatic rings. The molecule has 0 aromatic heterocycles. The van der Waals surface area contributed by atoms with Crippen molar-refractivity contribution in [2.24, 2.45) is 0 Å². The van der Waals surface area contributed by atoms with Crippen molar-refractivity contribution in [2.75, 3.05) is 5.73 Å². The molecule has 1 nitrogen and oxygen atoms in total. The zero-order valence-electron chi connectivity index (χ0n) is 5.34. The fourth-order valence-corrected chi connectivity index (χ4v) is 1.08. The lowest BCUT2D eigenvalue weighted by atomic mass is 10.2. The first-order valence-corrected chi connectivity index (χ1v) is 3.85. The Hall–Kier alpha value is -0.340. The topological polar surface area (TPSA) is 26.0 Å². The predicted molar refractivity (Wildman–Crippen MR) is 47.7 cm³/mol. The molecule has 0 amide bonds. The Kier molecular flexibility index (Phi) is 2.46. The number of alkyl halides is 1. The molecule has 1 rings (SSSR count). The van der Waals surface area contributed by atoms with Crippen molar-refractivity contribution >= 4 is 29.9 Å². The second kappa shape index (κ2) is 3.17. The quantitative estimate of drug-likeness (QED) is 0.381. The minimum absolute atomic E-state index is 0.508. The van der Waals surface area contributed by atoms with Crippen molar-refractivity contribution in [2.45, 2.75) is 10.8 Å². The van der Waals surface area contributed by atoms with Crippen molar-refractivity contribution < 1.29 is 0 Å². The Labute approximate surface area is 70.6 Å². The fraction of sp³-hybridized carbons (Fsp3) is 0.143. The molecular formula is C7H8ClNS. The van der Waals surface area contributed by atoms with Gasteiger partial charge in [0.05, 0.1) is 0 Å². The van der Waals surface area contributed by atoms with Gasteiger partial charge in [-0.1, -0.05) is 6.07 Å². The lowest BCUT2D eigenvalue weighted by Crippen LogP contribution is -1.87. The molecule has 0 atom stereocenters. The van der Waals surface area contributed by atoms with Crippen LogP contribution in [0.25, 0.3) is 0 Å². The first-order chi connectivity index (χ1) is 4.74. The summed E-state index contributed by atoms with van der Waals surface area (Å²) in [5.74, 6) is 0.508. The van der Waals surface area contributed by atoms with Crippen LogP contribution in [-0.4, -0.2) is 0 Å².